The number of hydrogen-bond acceptors (Lipinski definition) is 2. The Morgan fingerprint density at radius 2 is 2.16 bits per heavy atom. The molecule has 0 aliphatic carbocycles. The number of aromatic nitrogens is 1. The Bertz CT molecular complexity index is 636. The molecule has 2 amide bonds. The minimum Gasteiger partial charge on any atom is -0.368 e. The van der Waals surface area contributed by atoms with Crippen LogP contribution < -0.4 is 11.1 Å². The van der Waals surface area contributed by atoms with Crippen LogP contribution in [0, 0.1) is 0 Å². The van der Waals surface area contributed by atoms with Gasteiger partial charge in [-0.25, -0.2) is 0 Å². The van der Waals surface area contributed by atoms with Crippen molar-refractivity contribution in [3.8, 4) is 0 Å². The van der Waals surface area contributed by atoms with E-state index in [0.717, 1.165) is 10.9 Å². The zero-order chi connectivity index (χ0) is 14.0. The molecule has 100 valence electrons. The lowest BCUT2D eigenvalue weighted by atomic mass is 10.2. The number of aromatic amines is 1. The van der Waals surface area contributed by atoms with Gasteiger partial charge in [0.05, 0.1) is 0 Å². The van der Waals surface area contributed by atoms with Crippen LogP contribution in [-0.4, -0.2) is 22.8 Å². The van der Waals surface area contributed by atoms with Gasteiger partial charge in [-0.2, -0.15) is 0 Å². The lowest BCUT2D eigenvalue weighted by Gasteiger charge is -2.11. The number of primary amides is 1. The summed E-state index contributed by atoms with van der Waals surface area (Å²) >= 11 is 5.87. The number of carbonyl (C=O) groups excluding carboxylic acids is 2. The smallest absolute Gasteiger partial charge is 0.268 e. The van der Waals surface area contributed by atoms with Crippen molar-refractivity contribution in [2.24, 2.45) is 5.73 Å². The third kappa shape index (κ3) is 2.88. The number of H-pyrrole nitrogens is 1. The molecule has 19 heavy (non-hydrogen) atoms. The summed E-state index contributed by atoms with van der Waals surface area (Å²) in [5.41, 5.74) is 6.33. The molecule has 0 fully saturated rings. The SMILES string of the molecule is CC[C@@H](NC(=O)c1cc2ccc(Cl)cc2[nH]1)C(N)=O. The number of nitrogens with two attached hydrogens (primary N) is 1. The number of benzene rings is 1. The van der Waals surface area contributed by atoms with E-state index in [1.165, 1.54) is 0 Å². The van der Waals surface area contributed by atoms with Gasteiger partial charge in [-0.05, 0) is 24.6 Å². The van der Waals surface area contributed by atoms with Crippen LogP contribution in [0.4, 0.5) is 0 Å². The minimum absolute atomic E-state index is 0.363. The second kappa shape index (κ2) is 5.32. The predicted octanol–water partition coefficient (Wildman–Crippen LogP) is 1.81. The molecule has 0 radical (unpaired) electrons. The Hall–Kier alpha value is -2.01. The molecule has 0 aliphatic rings. The molecule has 1 aromatic carbocycles. The largest absolute Gasteiger partial charge is 0.368 e. The average molecular weight is 280 g/mol. The third-order valence-corrected chi connectivity index (χ3v) is 3.12. The summed E-state index contributed by atoms with van der Waals surface area (Å²) in [7, 11) is 0. The minimum atomic E-state index is -0.664. The number of nitrogens with one attached hydrogen (secondary N) is 2. The van der Waals surface area contributed by atoms with E-state index in [0.29, 0.717) is 17.1 Å². The molecular formula is C13H14ClN3O2. The number of hydrogen-bond donors (Lipinski definition) is 3. The summed E-state index contributed by atoms with van der Waals surface area (Å²) in [4.78, 5) is 26.0. The molecule has 0 aliphatic heterocycles. The van der Waals surface area contributed by atoms with Gasteiger partial charge in [-0.15, -0.1) is 0 Å². The molecule has 0 spiro atoms. The van der Waals surface area contributed by atoms with Gasteiger partial charge in [0.2, 0.25) is 5.91 Å². The van der Waals surface area contributed by atoms with Crippen molar-refractivity contribution in [1.82, 2.24) is 10.3 Å². The molecule has 0 saturated heterocycles. The zero-order valence-corrected chi connectivity index (χ0v) is 11.1. The number of amides is 2. The summed E-state index contributed by atoms with van der Waals surface area (Å²) in [6.45, 7) is 1.78. The fourth-order valence-corrected chi connectivity index (χ4v) is 2.00. The first-order chi connectivity index (χ1) is 9.01. The molecule has 2 aromatic rings. The topological polar surface area (TPSA) is 88.0 Å². The molecule has 1 atom stereocenters. The van der Waals surface area contributed by atoms with Crippen LogP contribution in [0.1, 0.15) is 23.8 Å². The summed E-state index contributed by atoms with van der Waals surface area (Å²) in [5, 5.41) is 4.04. The molecule has 1 heterocycles. The van der Waals surface area contributed by atoms with Gasteiger partial charge >= 0.3 is 0 Å². The van der Waals surface area contributed by atoms with E-state index in [4.69, 9.17) is 17.3 Å². The van der Waals surface area contributed by atoms with Crippen molar-refractivity contribution in [2.45, 2.75) is 19.4 Å². The lowest BCUT2D eigenvalue weighted by Crippen LogP contribution is -2.44. The molecule has 0 saturated carbocycles. The Balaban J connectivity index is 2.24. The average Bonchev–Trinajstić information content (AvgIpc) is 2.78. The fraction of sp³-hybridized carbons (Fsp3) is 0.231. The standard InChI is InChI=1S/C13H14ClN3O2/c1-2-9(12(15)18)17-13(19)11-5-7-3-4-8(14)6-10(7)16-11/h3-6,9,16H,2H2,1H3,(H2,15,18)(H,17,19)/t9-/m1/s1. The fourth-order valence-electron chi connectivity index (χ4n) is 1.83. The van der Waals surface area contributed by atoms with Crippen LogP contribution in [0.3, 0.4) is 0 Å². The number of carbonyl (C=O) groups is 2. The molecular weight excluding hydrogens is 266 g/mol. The lowest BCUT2D eigenvalue weighted by molar-refractivity contribution is -0.119. The summed E-state index contributed by atoms with van der Waals surface area (Å²) < 4.78 is 0. The molecule has 2 rings (SSSR count). The van der Waals surface area contributed by atoms with Crippen molar-refractivity contribution in [3.63, 3.8) is 0 Å². The number of rotatable bonds is 4. The van der Waals surface area contributed by atoms with Crippen LogP contribution >= 0.6 is 11.6 Å². The van der Waals surface area contributed by atoms with Gasteiger partial charge < -0.3 is 16.0 Å². The normalized spacial score (nSPS) is 12.3. The van der Waals surface area contributed by atoms with Gasteiger partial charge in [0.1, 0.15) is 11.7 Å². The van der Waals surface area contributed by atoms with E-state index in [1.54, 1.807) is 25.1 Å². The summed E-state index contributed by atoms with van der Waals surface area (Å²) in [6, 6.07) is 6.34. The zero-order valence-electron chi connectivity index (χ0n) is 10.4. The van der Waals surface area contributed by atoms with Gasteiger partial charge in [0.25, 0.3) is 5.91 Å². The molecule has 4 N–H and O–H groups in total. The Morgan fingerprint density at radius 3 is 2.79 bits per heavy atom. The second-order valence-corrected chi connectivity index (χ2v) is 4.69. The van der Waals surface area contributed by atoms with Gasteiger partial charge in [0.15, 0.2) is 0 Å². The van der Waals surface area contributed by atoms with Crippen molar-refractivity contribution in [1.29, 1.82) is 0 Å². The highest BCUT2D eigenvalue weighted by Crippen LogP contribution is 2.19. The monoisotopic (exact) mass is 279 g/mol. The maximum Gasteiger partial charge on any atom is 0.268 e. The van der Waals surface area contributed by atoms with E-state index in [9.17, 15) is 9.59 Å². The van der Waals surface area contributed by atoms with Crippen LogP contribution in [0.25, 0.3) is 10.9 Å². The Labute approximate surface area is 115 Å². The summed E-state index contributed by atoms with van der Waals surface area (Å²) in [5.74, 6) is -0.909. The third-order valence-electron chi connectivity index (χ3n) is 2.89. The quantitative estimate of drug-likeness (QED) is 0.797. The molecule has 5 nitrogen and oxygen atoms in total. The highest BCUT2D eigenvalue weighted by atomic mass is 35.5. The van der Waals surface area contributed by atoms with Crippen molar-refractivity contribution < 1.29 is 9.59 Å². The molecule has 0 unspecified atom stereocenters. The van der Waals surface area contributed by atoms with Crippen molar-refractivity contribution in [2.75, 3.05) is 0 Å². The van der Waals surface area contributed by atoms with E-state index < -0.39 is 11.9 Å². The highest BCUT2D eigenvalue weighted by molar-refractivity contribution is 6.31. The number of halogens is 1. The second-order valence-electron chi connectivity index (χ2n) is 4.25. The predicted molar refractivity (Wildman–Crippen MR) is 74.0 cm³/mol. The van der Waals surface area contributed by atoms with E-state index in [1.807, 2.05) is 6.07 Å². The van der Waals surface area contributed by atoms with E-state index in [2.05, 4.69) is 10.3 Å². The summed E-state index contributed by atoms with van der Waals surface area (Å²) in [6.07, 6.45) is 0.452. The molecule has 6 heteroatoms. The van der Waals surface area contributed by atoms with E-state index >= 15 is 0 Å². The number of fused-ring (bicyclic) bond motifs is 1. The maximum atomic E-state index is 12.0. The first kappa shape index (κ1) is 13.4. The van der Waals surface area contributed by atoms with Crippen molar-refractivity contribution >= 4 is 34.3 Å². The maximum absolute atomic E-state index is 12.0. The van der Waals surface area contributed by atoms with Crippen LogP contribution in [0.5, 0.6) is 0 Å². The highest BCUT2D eigenvalue weighted by Gasteiger charge is 2.18. The van der Waals surface area contributed by atoms with E-state index in [-0.39, 0.29) is 5.91 Å². The van der Waals surface area contributed by atoms with Crippen LogP contribution in [0.15, 0.2) is 24.3 Å². The van der Waals surface area contributed by atoms with Crippen LogP contribution in [-0.2, 0) is 4.79 Å². The molecule has 1 aromatic heterocycles. The van der Waals surface area contributed by atoms with Gasteiger partial charge in [0, 0.05) is 15.9 Å². The molecule has 0 bridgehead atoms. The van der Waals surface area contributed by atoms with Gasteiger partial charge in [-0.3, -0.25) is 9.59 Å². The van der Waals surface area contributed by atoms with Gasteiger partial charge in [-0.1, -0.05) is 24.6 Å². The first-order valence-electron chi connectivity index (χ1n) is 5.89. The Kier molecular flexibility index (Phi) is 3.76. The first-order valence-corrected chi connectivity index (χ1v) is 6.27. The Morgan fingerprint density at radius 1 is 1.42 bits per heavy atom. The van der Waals surface area contributed by atoms with Crippen molar-refractivity contribution in [3.05, 3.63) is 35.0 Å². The van der Waals surface area contributed by atoms with Crippen LogP contribution in [0.2, 0.25) is 5.02 Å².